The molecule has 1 amide bonds. The molecule has 0 atom stereocenters. The van der Waals surface area contributed by atoms with E-state index in [9.17, 15) is 9.59 Å². The van der Waals surface area contributed by atoms with Gasteiger partial charge < -0.3 is 9.73 Å². The Labute approximate surface area is 166 Å². The Bertz CT molecular complexity index is 1210. The minimum atomic E-state index is -0.304. The van der Waals surface area contributed by atoms with Crippen LogP contribution in [-0.2, 0) is 17.9 Å². The lowest BCUT2D eigenvalue weighted by atomic mass is 10.2. The number of amides is 1. The number of nitrogens with zero attached hydrogens (tertiary/aromatic N) is 4. The molecule has 0 unspecified atom stereocenters. The van der Waals surface area contributed by atoms with E-state index in [-0.39, 0.29) is 24.4 Å². The number of carbonyl (C=O) groups is 1. The molecule has 3 heterocycles. The highest BCUT2D eigenvalue weighted by molar-refractivity contribution is 5.83. The van der Waals surface area contributed by atoms with Crippen molar-refractivity contribution in [2.24, 2.45) is 0 Å². The molecule has 148 valence electrons. The third-order valence-electron chi connectivity index (χ3n) is 4.78. The van der Waals surface area contributed by atoms with Gasteiger partial charge in [0.25, 0.3) is 5.56 Å². The van der Waals surface area contributed by atoms with Crippen LogP contribution in [0.2, 0.25) is 0 Å². The van der Waals surface area contributed by atoms with E-state index in [1.54, 1.807) is 23.1 Å². The molecule has 0 saturated carbocycles. The zero-order valence-electron chi connectivity index (χ0n) is 16.3. The van der Waals surface area contributed by atoms with Gasteiger partial charge in [0.05, 0.1) is 41.8 Å². The molecule has 0 aliphatic carbocycles. The number of para-hydroxylation sites is 1. The third kappa shape index (κ3) is 3.69. The Morgan fingerprint density at radius 3 is 2.62 bits per heavy atom. The lowest BCUT2D eigenvalue weighted by Crippen LogP contribution is -2.29. The summed E-state index contributed by atoms with van der Waals surface area (Å²) in [5.74, 6) is 0.492. The minimum absolute atomic E-state index is 0.136. The zero-order valence-corrected chi connectivity index (χ0v) is 16.3. The largest absolute Gasteiger partial charge is 0.467 e. The highest BCUT2D eigenvalue weighted by Gasteiger charge is 2.17. The van der Waals surface area contributed by atoms with E-state index < -0.39 is 0 Å². The second-order valence-corrected chi connectivity index (χ2v) is 6.78. The fourth-order valence-electron chi connectivity index (χ4n) is 3.35. The van der Waals surface area contributed by atoms with Crippen LogP contribution in [0.25, 0.3) is 16.6 Å². The van der Waals surface area contributed by atoms with Crippen LogP contribution < -0.4 is 10.9 Å². The third-order valence-corrected chi connectivity index (χ3v) is 4.78. The molecule has 1 aromatic carbocycles. The predicted molar refractivity (Wildman–Crippen MR) is 108 cm³/mol. The molecular weight excluding hydrogens is 370 g/mol. The van der Waals surface area contributed by atoms with Gasteiger partial charge in [0, 0.05) is 6.42 Å². The molecule has 0 saturated heterocycles. The topological polar surface area (TPSA) is 94.9 Å². The predicted octanol–water partition coefficient (Wildman–Crippen LogP) is 2.50. The molecule has 0 aliphatic heterocycles. The number of rotatable bonds is 6. The average Bonchev–Trinajstić information content (AvgIpc) is 3.37. The van der Waals surface area contributed by atoms with Crippen molar-refractivity contribution in [3.8, 4) is 5.69 Å². The molecule has 0 bridgehead atoms. The van der Waals surface area contributed by atoms with Crippen LogP contribution >= 0.6 is 0 Å². The summed E-state index contributed by atoms with van der Waals surface area (Å²) in [6.07, 6.45) is 1.69. The SMILES string of the molecule is Cc1nn(CCC(=O)NCc2ccco2)c(=O)c2nn(-c3ccccc3)c(C)c12. The smallest absolute Gasteiger partial charge is 0.295 e. The number of furan rings is 1. The Kier molecular flexibility index (Phi) is 4.99. The number of carbonyl (C=O) groups excluding carboxylic acids is 1. The van der Waals surface area contributed by atoms with Crippen molar-refractivity contribution in [1.82, 2.24) is 24.9 Å². The van der Waals surface area contributed by atoms with Crippen molar-refractivity contribution in [1.29, 1.82) is 0 Å². The summed E-state index contributed by atoms with van der Waals surface area (Å²) in [7, 11) is 0. The Balaban J connectivity index is 1.57. The maximum Gasteiger partial charge on any atom is 0.295 e. The van der Waals surface area contributed by atoms with Gasteiger partial charge in [-0.15, -0.1) is 0 Å². The van der Waals surface area contributed by atoms with Gasteiger partial charge in [0.15, 0.2) is 5.52 Å². The van der Waals surface area contributed by atoms with E-state index in [1.165, 1.54) is 4.68 Å². The first kappa shape index (κ1) is 18.7. The van der Waals surface area contributed by atoms with E-state index >= 15 is 0 Å². The van der Waals surface area contributed by atoms with E-state index in [2.05, 4.69) is 15.5 Å². The number of hydrogen-bond acceptors (Lipinski definition) is 5. The molecule has 29 heavy (non-hydrogen) atoms. The summed E-state index contributed by atoms with van der Waals surface area (Å²) in [6.45, 7) is 4.26. The summed E-state index contributed by atoms with van der Waals surface area (Å²) in [5, 5.41) is 12.4. The lowest BCUT2D eigenvalue weighted by Gasteiger charge is -2.07. The van der Waals surface area contributed by atoms with Crippen molar-refractivity contribution in [3.63, 3.8) is 0 Å². The summed E-state index contributed by atoms with van der Waals surface area (Å²) in [5.41, 5.74) is 2.49. The molecule has 0 spiro atoms. The standard InChI is InChI=1S/C21H21N5O3/c1-14-19-15(2)26(16-7-4-3-5-8-16)24-20(19)21(28)25(23-14)11-10-18(27)22-13-17-9-6-12-29-17/h3-9,12H,10-11,13H2,1-2H3,(H,22,27). The van der Waals surface area contributed by atoms with Crippen molar-refractivity contribution in [2.75, 3.05) is 0 Å². The van der Waals surface area contributed by atoms with E-state index in [1.807, 2.05) is 44.2 Å². The van der Waals surface area contributed by atoms with Gasteiger partial charge >= 0.3 is 0 Å². The maximum absolute atomic E-state index is 12.9. The van der Waals surface area contributed by atoms with E-state index in [0.717, 1.165) is 16.8 Å². The molecular formula is C21H21N5O3. The van der Waals surface area contributed by atoms with Crippen LogP contribution in [-0.4, -0.2) is 25.5 Å². The summed E-state index contributed by atoms with van der Waals surface area (Å²) < 4.78 is 8.25. The van der Waals surface area contributed by atoms with Gasteiger partial charge in [0.1, 0.15) is 5.76 Å². The van der Waals surface area contributed by atoms with E-state index in [4.69, 9.17) is 4.42 Å². The van der Waals surface area contributed by atoms with Crippen LogP contribution in [0.5, 0.6) is 0 Å². The van der Waals surface area contributed by atoms with Gasteiger partial charge in [0.2, 0.25) is 5.91 Å². The molecule has 3 aromatic heterocycles. The number of hydrogen-bond donors (Lipinski definition) is 1. The molecule has 4 rings (SSSR count). The first-order valence-electron chi connectivity index (χ1n) is 9.36. The Morgan fingerprint density at radius 1 is 1.10 bits per heavy atom. The second kappa shape index (κ2) is 7.75. The molecule has 1 N–H and O–H groups in total. The van der Waals surface area contributed by atoms with Gasteiger partial charge in [-0.2, -0.15) is 10.2 Å². The number of nitrogens with one attached hydrogen (secondary N) is 1. The van der Waals surface area contributed by atoms with Crippen LogP contribution in [0.1, 0.15) is 23.6 Å². The average molecular weight is 391 g/mol. The summed E-state index contributed by atoms with van der Waals surface area (Å²) >= 11 is 0. The number of fused-ring (bicyclic) bond motifs is 1. The highest BCUT2D eigenvalue weighted by atomic mass is 16.3. The van der Waals surface area contributed by atoms with Gasteiger partial charge in [-0.05, 0) is 38.1 Å². The zero-order chi connectivity index (χ0) is 20.4. The minimum Gasteiger partial charge on any atom is -0.467 e. The quantitative estimate of drug-likeness (QED) is 0.545. The lowest BCUT2D eigenvalue weighted by molar-refractivity contribution is -0.121. The first-order valence-corrected chi connectivity index (χ1v) is 9.36. The normalized spacial score (nSPS) is 11.1. The fraction of sp³-hybridized carbons (Fsp3) is 0.238. The van der Waals surface area contributed by atoms with Crippen LogP contribution in [0, 0.1) is 13.8 Å². The fourth-order valence-corrected chi connectivity index (χ4v) is 3.35. The van der Waals surface area contributed by atoms with Crippen molar-refractivity contribution in [2.45, 2.75) is 33.4 Å². The summed E-state index contributed by atoms with van der Waals surface area (Å²) in [6, 6.07) is 13.2. The van der Waals surface area contributed by atoms with Crippen LogP contribution in [0.15, 0.2) is 57.9 Å². The molecule has 8 nitrogen and oxygen atoms in total. The monoisotopic (exact) mass is 391 g/mol. The molecule has 0 radical (unpaired) electrons. The molecule has 0 fully saturated rings. The first-order chi connectivity index (χ1) is 14.0. The van der Waals surface area contributed by atoms with E-state index in [0.29, 0.717) is 23.5 Å². The van der Waals surface area contributed by atoms with Crippen LogP contribution in [0.3, 0.4) is 0 Å². The Hall–Kier alpha value is -3.68. The van der Waals surface area contributed by atoms with Crippen LogP contribution in [0.4, 0.5) is 0 Å². The number of aryl methyl sites for hydroxylation is 3. The number of benzene rings is 1. The van der Waals surface area contributed by atoms with Gasteiger partial charge in [-0.25, -0.2) is 9.36 Å². The summed E-state index contributed by atoms with van der Waals surface area (Å²) in [4.78, 5) is 25.0. The molecule has 0 aliphatic rings. The Morgan fingerprint density at radius 2 is 1.90 bits per heavy atom. The van der Waals surface area contributed by atoms with Gasteiger partial charge in [-0.3, -0.25) is 9.59 Å². The highest BCUT2D eigenvalue weighted by Crippen LogP contribution is 2.20. The maximum atomic E-state index is 12.9. The van der Waals surface area contributed by atoms with Gasteiger partial charge in [-0.1, -0.05) is 18.2 Å². The van der Waals surface area contributed by atoms with Crippen molar-refractivity contribution >= 4 is 16.8 Å². The van der Waals surface area contributed by atoms with Crippen molar-refractivity contribution in [3.05, 3.63) is 76.2 Å². The molecule has 4 aromatic rings. The molecule has 8 heteroatoms. The number of aromatic nitrogens is 4. The van der Waals surface area contributed by atoms with Crippen molar-refractivity contribution < 1.29 is 9.21 Å². The second-order valence-electron chi connectivity index (χ2n) is 6.78.